The van der Waals surface area contributed by atoms with Crippen LogP contribution in [0.1, 0.15) is 11.7 Å². The standard InChI is InChI=1S/C10H11ClO5/c1-15-6-4-3-5(8(12)10(13)14)9(16-2)7(6)11/h3-4,8,12H,1-2H3,(H,13,14). The number of benzene rings is 1. The Labute approximate surface area is 97.2 Å². The smallest absolute Gasteiger partial charge is 0.337 e. The molecule has 0 bridgehead atoms. The summed E-state index contributed by atoms with van der Waals surface area (Å²) in [5.41, 5.74) is 0.0841. The van der Waals surface area contributed by atoms with E-state index in [1.165, 1.54) is 26.4 Å². The molecule has 0 fully saturated rings. The lowest BCUT2D eigenvalue weighted by atomic mass is 10.1. The Bertz CT molecular complexity index is 404. The lowest BCUT2D eigenvalue weighted by Gasteiger charge is -2.14. The first-order valence-electron chi connectivity index (χ1n) is 4.34. The third-order valence-electron chi connectivity index (χ3n) is 2.04. The summed E-state index contributed by atoms with van der Waals surface area (Å²) in [5, 5.41) is 18.2. The van der Waals surface area contributed by atoms with E-state index in [0.29, 0.717) is 5.75 Å². The fourth-order valence-electron chi connectivity index (χ4n) is 1.27. The molecule has 1 atom stereocenters. The van der Waals surface area contributed by atoms with Crippen molar-refractivity contribution in [2.45, 2.75) is 6.10 Å². The second-order valence-corrected chi connectivity index (χ2v) is 3.32. The number of aliphatic carboxylic acids is 1. The first-order valence-corrected chi connectivity index (χ1v) is 4.72. The summed E-state index contributed by atoms with van der Waals surface area (Å²) < 4.78 is 9.90. The highest BCUT2D eigenvalue weighted by Gasteiger charge is 2.23. The zero-order valence-electron chi connectivity index (χ0n) is 8.73. The summed E-state index contributed by atoms with van der Waals surface area (Å²) in [6.45, 7) is 0. The van der Waals surface area contributed by atoms with Gasteiger partial charge in [0.15, 0.2) is 6.10 Å². The fourth-order valence-corrected chi connectivity index (χ4v) is 1.59. The molecule has 1 rings (SSSR count). The van der Waals surface area contributed by atoms with Crippen molar-refractivity contribution < 1.29 is 24.5 Å². The first-order chi connectivity index (χ1) is 7.52. The minimum Gasteiger partial charge on any atom is -0.495 e. The van der Waals surface area contributed by atoms with E-state index in [9.17, 15) is 9.90 Å². The number of carboxylic acids is 1. The molecule has 88 valence electrons. The van der Waals surface area contributed by atoms with E-state index >= 15 is 0 Å². The Hall–Kier alpha value is -1.46. The predicted octanol–water partition coefficient (Wildman–Crippen LogP) is 1.48. The van der Waals surface area contributed by atoms with Gasteiger partial charge in [-0.05, 0) is 12.1 Å². The quantitative estimate of drug-likeness (QED) is 0.842. The van der Waals surface area contributed by atoms with Gasteiger partial charge in [-0.2, -0.15) is 0 Å². The Kier molecular flexibility index (Phi) is 3.98. The number of hydrogen-bond acceptors (Lipinski definition) is 4. The highest BCUT2D eigenvalue weighted by molar-refractivity contribution is 6.33. The molecule has 16 heavy (non-hydrogen) atoms. The molecule has 1 aromatic rings. The highest BCUT2D eigenvalue weighted by Crippen LogP contribution is 2.39. The van der Waals surface area contributed by atoms with Crippen molar-refractivity contribution in [2.24, 2.45) is 0 Å². The molecule has 1 unspecified atom stereocenters. The molecule has 0 radical (unpaired) electrons. The van der Waals surface area contributed by atoms with E-state index in [2.05, 4.69) is 0 Å². The minimum absolute atomic E-state index is 0.0841. The van der Waals surface area contributed by atoms with E-state index in [-0.39, 0.29) is 16.3 Å². The Morgan fingerprint density at radius 2 is 2.00 bits per heavy atom. The third kappa shape index (κ3) is 2.20. The normalized spacial score (nSPS) is 12.0. The van der Waals surface area contributed by atoms with Gasteiger partial charge in [-0.1, -0.05) is 11.6 Å². The maximum Gasteiger partial charge on any atom is 0.337 e. The van der Waals surface area contributed by atoms with Crippen LogP contribution in [0.5, 0.6) is 11.5 Å². The minimum atomic E-state index is -1.68. The van der Waals surface area contributed by atoms with Crippen LogP contribution in [0.3, 0.4) is 0 Å². The lowest BCUT2D eigenvalue weighted by molar-refractivity contribution is -0.147. The molecule has 5 nitrogen and oxygen atoms in total. The average molecular weight is 247 g/mol. The molecular weight excluding hydrogens is 236 g/mol. The number of rotatable bonds is 4. The molecule has 0 aliphatic carbocycles. The van der Waals surface area contributed by atoms with Crippen molar-refractivity contribution in [3.8, 4) is 11.5 Å². The van der Waals surface area contributed by atoms with Gasteiger partial charge >= 0.3 is 5.97 Å². The van der Waals surface area contributed by atoms with Gasteiger partial charge in [0.1, 0.15) is 16.5 Å². The summed E-state index contributed by atoms with van der Waals surface area (Å²) in [4.78, 5) is 10.7. The molecule has 0 aromatic heterocycles. The van der Waals surface area contributed by atoms with Crippen LogP contribution in [-0.2, 0) is 4.79 Å². The summed E-state index contributed by atoms with van der Waals surface area (Å²) in [6.07, 6.45) is -1.68. The topological polar surface area (TPSA) is 76.0 Å². The van der Waals surface area contributed by atoms with Gasteiger partial charge in [-0.25, -0.2) is 4.79 Å². The van der Waals surface area contributed by atoms with E-state index in [1.54, 1.807) is 0 Å². The van der Waals surface area contributed by atoms with Gasteiger partial charge in [-0.15, -0.1) is 0 Å². The lowest BCUT2D eigenvalue weighted by Crippen LogP contribution is -2.12. The monoisotopic (exact) mass is 246 g/mol. The molecule has 0 aliphatic rings. The molecular formula is C10H11ClO5. The molecule has 0 saturated carbocycles. The van der Waals surface area contributed by atoms with Gasteiger partial charge in [-0.3, -0.25) is 0 Å². The molecule has 0 spiro atoms. The van der Waals surface area contributed by atoms with Crippen molar-refractivity contribution in [2.75, 3.05) is 14.2 Å². The van der Waals surface area contributed by atoms with Crippen LogP contribution >= 0.6 is 11.6 Å². The van der Waals surface area contributed by atoms with E-state index < -0.39 is 12.1 Å². The summed E-state index contributed by atoms with van der Waals surface area (Å²) in [6, 6.07) is 2.86. The van der Waals surface area contributed by atoms with Crippen molar-refractivity contribution >= 4 is 17.6 Å². The molecule has 0 heterocycles. The van der Waals surface area contributed by atoms with Crippen LogP contribution in [-0.4, -0.2) is 30.4 Å². The van der Waals surface area contributed by atoms with Crippen molar-refractivity contribution in [3.63, 3.8) is 0 Å². The maximum absolute atomic E-state index is 10.7. The Morgan fingerprint density at radius 3 is 2.44 bits per heavy atom. The van der Waals surface area contributed by atoms with Crippen LogP contribution in [0, 0.1) is 0 Å². The fraction of sp³-hybridized carbons (Fsp3) is 0.300. The van der Waals surface area contributed by atoms with Crippen LogP contribution in [0.4, 0.5) is 0 Å². The van der Waals surface area contributed by atoms with Gasteiger partial charge in [0.25, 0.3) is 0 Å². The van der Waals surface area contributed by atoms with Gasteiger partial charge in [0.2, 0.25) is 0 Å². The Morgan fingerprint density at radius 1 is 1.38 bits per heavy atom. The second-order valence-electron chi connectivity index (χ2n) is 2.95. The van der Waals surface area contributed by atoms with Gasteiger partial charge < -0.3 is 19.7 Å². The predicted molar refractivity (Wildman–Crippen MR) is 57.2 cm³/mol. The zero-order chi connectivity index (χ0) is 12.3. The number of aliphatic hydroxyl groups is 1. The summed E-state index contributed by atoms with van der Waals surface area (Å²) in [5.74, 6) is -0.935. The number of halogens is 1. The van der Waals surface area contributed by atoms with Crippen molar-refractivity contribution in [3.05, 3.63) is 22.7 Å². The number of ether oxygens (including phenoxy) is 2. The van der Waals surface area contributed by atoms with Crippen molar-refractivity contribution in [1.29, 1.82) is 0 Å². The third-order valence-corrected chi connectivity index (χ3v) is 2.40. The van der Waals surface area contributed by atoms with E-state index in [1.807, 2.05) is 0 Å². The second kappa shape index (κ2) is 5.05. The molecule has 0 amide bonds. The summed E-state index contributed by atoms with van der Waals surface area (Å²) >= 11 is 5.91. The number of carbonyl (C=O) groups is 1. The molecule has 0 aliphatic heterocycles. The first kappa shape index (κ1) is 12.6. The molecule has 0 saturated heterocycles. The summed E-state index contributed by atoms with van der Waals surface area (Å²) in [7, 11) is 2.76. The van der Waals surface area contributed by atoms with Gasteiger partial charge in [0, 0.05) is 5.56 Å². The molecule has 1 aromatic carbocycles. The molecule has 6 heteroatoms. The number of hydrogen-bond donors (Lipinski definition) is 2. The highest BCUT2D eigenvalue weighted by atomic mass is 35.5. The number of carboxylic acid groups (broad SMARTS) is 1. The van der Waals surface area contributed by atoms with Crippen LogP contribution in [0.25, 0.3) is 0 Å². The van der Waals surface area contributed by atoms with E-state index in [0.717, 1.165) is 0 Å². The zero-order valence-corrected chi connectivity index (χ0v) is 9.49. The maximum atomic E-state index is 10.7. The Balaban J connectivity index is 3.31. The SMILES string of the molecule is COc1ccc(C(O)C(=O)O)c(OC)c1Cl. The van der Waals surface area contributed by atoms with Crippen LogP contribution < -0.4 is 9.47 Å². The largest absolute Gasteiger partial charge is 0.495 e. The van der Waals surface area contributed by atoms with Gasteiger partial charge in [0.05, 0.1) is 14.2 Å². The number of aliphatic hydroxyl groups excluding tert-OH is 1. The van der Waals surface area contributed by atoms with E-state index in [4.69, 9.17) is 26.2 Å². The molecule has 2 N–H and O–H groups in total. The van der Waals surface area contributed by atoms with Crippen LogP contribution in [0.15, 0.2) is 12.1 Å². The van der Waals surface area contributed by atoms with Crippen molar-refractivity contribution in [1.82, 2.24) is 0 Å². The number of methoxy groups -OCH3 is 2. The van der Waals surface area contributed by atoms with Crippen LogP contribution in [0.2, 0.25) is 5.02 Å². The average Bonchev–Trinajstić information content (AvgIpc) is 2.27.